The highest BCUT2D eigenvalue weighted by molar-refractivity contribution is 5.65. The van der Waals surface area contributed by atoms with Crippen LogP contribution in [0, 0.1) is 0 Å². The molecule has 0 aromatic carbocycles. The zero-order valence-corrected chi connectivity index (χ0v) is 10.9. The van der Waals surface area contributed by atoms with E-state index in [2.05, 4.69) is 4.74 Å². The Morgan fingerprint density at radius 2 is 1.44 bits per heavy atom. The minimum atomic E-state index is -0.833. The fraction of sp³-hybridized carbons (Fsp3) is 0.800. The van der Waals surface area contributed by atoms with Crippen LogP contribution in [0.5, 0.6) is 0 Å². The molecule has 0 aromatic rings. The zero-order chi connectivity index (χ0) is 14.8. The molecule has 18 heavy (non-hydrogen) atoms. The molecule has 0 saturated heterocycles. The molecule has 110 valence electrons. The Bertz CT molecular complexity index is 181. The van der Waals surface area contributed by atoms with Gasteiger partial charge in [0.25, 0.3) is 5.97 Å². The lowest BCUT2D eigenvalue weighted by Crippen LogP contribution is -2.13. The molecule has 0 heterocycles. The third-order valence-electron chi connectivity index (χ3n) is 0.921. The van der Waals surface area contributed by atoms with Crippen LogP contribution < -0.4 is 11.5 Å². The topological polar surface area (TPSA) is 145 Å². The Morgan fingerprint density at radius 1 is 1.06 bits per heavy atom. The van der Waals surface area contributed by atoms with Crippen LogP contribution in [0.1, 0.15) is 13.8 Å². The highest BCUT2D eigenvalue weighted by atomic mass is 16.5. The molecule has 0 bridgehead atoms. The van der Waals surface area contributed by atoms with E-state index in [1.165, 1.54) is 6.92 Å². The maximum atomic E-state index is 9.87. The molecule has 8 nitrogen and oxygen atoms in total. The summed E-state index contributed by atoms with van der Waals surface area (Å²) in [5.74, 6) is -1.19. The molecule has 6 N–H and O–H groups in total. The van der Waals surface area contributed by atoms with Crippen LogP contribution in [0.2, 0.25) is 0 Å². The summed E-state index contributed by atoms with van der Waals surface area (Å²) >= 11 is 0. The van der Waals surface area contributed by atoms with Crippen molar-refractivity contribution in [3.8, 4) is 0 Å². The van der Waals surface area contributed by atoms with Crippen molar-refractivity contribution in [3.05, 3.63) is 0 Å². The number of aliphatic hydroxyl groups is 1. The normalized spacial score (nSPS) is 8.28. The summed E-state index contributed by atoms with van der Waals surface area (Å²) in [4.78, 5) is 18.9. The molecule has 0 unspecified atom stereocenters. The molecule has 0 aliphatic heterocycles. The maximum absolute atomic E-state index is 9.87. The molecule has 0 atom stereocenters. The van der Waals surface area contributed by atoms with E-state index >= 15 is 0 Å². The van der Waals surface area contributed by atoms with Gasteiger partial charge in [-0.25, -0.2) is 0 Å². The van der Waals surface area contributed by atoms with Crippen LogP contribution in [0.25, 0.3) is 0 Å². The molecule has 0 radical (unpaired) electrons. The second kappa shape index (κ2) is 21.1. The van der Waals surface area contributed by atoms with E-state index in [-0.39, 0.29) is 19.2 Å². The van der Waals surface area contributed by atoms with Gasteiger partial charge in [-0.3, -0.25) is 9.59 Å². The molecule has 0 rings (SSSR count). The van der Waals surface area contributed by atoms with Gasteiger partial charge in [-0.1, -0.05) is 0 Å². The molecule has 0 aromatic heterocycles. The van der Waals surface area contributed by atoms with Crippen molar-refractivity contribution in [3.63, 3.8) is 0 Å². The van der Waals surface area contributed by atoms with E-state index in [0.717, 1.165) is 6.92 Å². The van der Waals surface area contributed by atoms with Crippen LogP contribution in [-0.4, -0.2) is 61.7 Å². The molecule has 0 amide bonds. The predicted molar refractivity (Wildman–Crippen MR) is 66.0 cm³/mol. The van der Waals surface area contributed by atoms with Gasteiger partial charge in [0.2, 0.25) is 0 Å². The number of esters is 1. The number of carbonyl (C=O) groups is 2. The zero-order valence-electron chi connectivity index (χ0n) is 10.9. The Kier molecular flexibility index (Phi) is 25.8. The molecule has 0 aliphatic carbocycles. The molecule has 0 fully saturated rings. The third-order valence-corrected chi connectivity index (χ3v) is 0.921. The number of aliphatic carboxylic acids is 1. The van der Waals surface area contributed by atoms with Gasteiger partial charge in [0.1, 0.15) is 6.61 Å². The summed E-state index contributed by atoms with van der Waals surface area (Å²) in [6, 6.07) is 0. The van der Waals surface area contributed by atoms with E-state index in [1.807, 2.05) is 0 Å². The lowest BCUT2D eigenvalue weighted by atomic mass is 10.7. The molecular weight excluding hydrogens is 244 g/mol. The fourth-order valence-corrected chi connectivity index (χ4v) is 0.458. The predicted octanol–water partition coefficient (Wildman–Crippen LogP) is -1.45. The minimum Gasteiger partial charge on any atom is -0.481 e. The first-order valence-corrected chi connectivity index (χ1v) is 5.33. The number of hydrogen-bond donors (Lipinski definition) is 4. The summed E-state index contributed by atoms with van der Waals surface area (Å²) in [6.45, 7) is 4.80. The number of carboxylic acids is 1. The second-order valence-electron chi connectivity index (χ2n) is 2.77. The smallest absolute Gasteiger partial charge is 0.302 e. The average molecular weight is 268 g/mol. The fourth-order valence-electron chi connectivity index (χ4n) is 0.458. The van der Waals surface area contributed by atoms with Gasteiger partial charge in [-0.15, -0.1) is 0 Å². The van der Waals surface area contributed by atoms with Crippen LogP contribution in [-0.2, 0) is 19.1 Å². The number of aliphatic hydroxyl groups excluding tert-OH is 1. The first-order valence-electron chi connectivity index (χ1n) is 5.33. The highest BCUT2D eigenvalue weighted by Gasteiger charge is 1.86. The summed E-state index contributed by atoms with van der Waals surface area (Å²) in [7, 11) is 0. The van der Waals surface area contributed by atoms with Gasteiger partial charge in [0.15, 0.2) is 0 Å². The average Bonchev–Trinajstić information content (AvgIpc) is 2.27. The van der Waals surface area contributed by atoms with E-state index < -0.39 is 5.97 Å². The number of ether oxygens (including phenoxy) is 2. The Labute approximate surface area is 107 Å². The third kappa shape index (κ3) is 61.1. The van der Waals surface area contributed by atoms with Crippen molar-refractivity contribution in [2.75, 3.05) is 39.5 Å². The molecular formula is C10H24N2O6. The lowest BCUT2D eigenvalue weighted by molar-refractivity contribution is -0.142. The van der Waals surface area contributed by atoms with Crippen molar-refractivity contribution in [2.24, 2.45) is 11.5 Å². The van der Waals surface area contributed by atoms with Gasteiger partial charge in [0, 0.05) is 26.9 Å². The van der Waals surface area contributed by atoms with Gasteiger partial charge in [-0.2, -0.15) is 0 Å². The van der Waals surface area contributed by atoms with Crippen molar-refractivity contribution in [2.45, 2.75) is 13.8 Å². The van der Waals surface area contributed by atoms with E-state index in [9.17, 15) is 4.79 Å². The largest absolute Gasteiger partial charge is 0.481 e. The van der Waals surface area contributed by atoms with Crippen molar-refractivity contribution >= 4 is 11.9 Å². The van der Waals surface area contributed by atoms with Gasteiger partial charge in [0.05, 0.1) is 19.8 Å². The lowest BCUT2D eigenvalue weighted by Gasteiger charge is -1.95. The number of carboxylic acid groups (broad SMARTS) is 1. The standard InChI is InChI=1S/C4H12N2O.C4H8O3.C2H4O2/c5-1-3-7-4-2-6;1-4(6)7-3-2-5;1-2(3)4/h1-6H2;5H,2-3H2,1H3;1H3,(H,3,4). The molecule has 0 aliphatic rings. The Morgan fingerprint density at radius 3 is 1.61 bits per heavy atom. The summed E-state index contributed by atoms with van der Waals surface area (Å²) < 4.78 is 9.18. The molecule has 8 heteroatoms. The summed E-state index contributed by atoms with van der Waals surface area (Å²) in [5.41, 5.74) is 10.2. The SMILES string of the molecule is CC(=O)O.CC(=O)OCCO.NCCOCCN. The van der Waals surface area contributed by atoms with Gasteiger partial charge >= 0.3 is 5.97 Å². The first-order chi connectivity index (χ1) is 8.42. The van der Waals surface area contributed by atoms with Gasteiger partial charge < -0.3 is 31.2 Å². The van der Waals surface area contributed by atoms with Crippen LogP contribution in [0.4, 0.5) is 0 Å². The highest BCUT2D eigenvalue weighted by Crippen LogP contribution is 1.71. The van der Waals surface area contributed by atoms with Crippen LogP contribution in [0.3, 0.4) is 0 Å². The monoisotopic (exact) mass is 268 g/mol. The van der Waals surface area contributed by atoms with E-state index in [1.54, 1.807) is 0 Å². The van der Waals surface area contributed by atoms with Crippen LogP contribution >= 0.6 is 0 Å². The second-order valence-corrected chi connectivity index (χ2v) is 2.77. The Balaban J connectivity index is -0.000000196. The number of nitrogens with two attached hydrogens (primary N) is 2. The number of rotatable bonds is 6. The number of hydrogen-bond acceptors (Lipinski definition) is 7. The Hall–Kier alpha value is -1.22. The maximum Gasteiger partial charge on any atom is 0.302 e. The number of carbonyl (C=O) groups excluding carboxylic acids is 1. The van der Waals surface area contributed by atoms with E-state index in [0.29, 0.717) is 26.3 Å². The van der Waals surface area contributed by atoms with Gasteiger partial charge in [-0.05, 0) is 0 Å². The summed E-state index contributed by atoms with van der Waals surface area (Å²) in [5, 5.41) is 15.5. The van der Waals surface area contributed by atoms with Crippen molar-refractivity contribution in [1.29, 1.82) is 0 Å². The molecule has 0 spiro atoms. The van der Waals surface area contributed by atoms with Crippen molar-refractivity contribution < 1.29 is 29.3 Å². The van der Waals surface area contributed by atoms with E-state index in [4.69, 9.17) is 31.2 Å². The first kappa shape index (κ1) is 22.0. The quantitative estimate of drug-likeness (QED) is 0.338. The minimum absolute atomic E-state index is 0.0976. The summed E-state index contributed by atoms with van der Waals surface area (Å²) in [6.07, 6.45) is 0. The molecule has 0 saturated carbocycles. The van der Waals surface area contributed by atoms with Crippen LogP contribution in [0.15, 0.2) is 0 Å². The van der Waals surface area contributed by atoms with Crippen molar-refractivity contribution in [1.82, 2.24) is 0 Å².